The van der Waals surface area contributed by atoms with Crippen LogP contribution in [0.25, 0.3) is 0 Å². The van der Waals surface area contributed by atoms with Crippen LogP contribution < -0.4 is 16.2 Å². The lowest BCUT2D eigenvalue weighted by Gasteiger charge is -2.36. The topological polar surface area (TPSA) is 96.3 Å². The monoisotopic (exact) mass is 372 g/mol. The SMILES string of the molecule is O=C1CC(c2ccc([N+](=O)[O-])cc2)C2C(NNC2c2ccc(Cl)cc2)N1. The van der Waals surface area contributed by atoms with Gasteiger partial charge in [0, 0.05) is 35.4 Å². The normalized spacial score (nSPS) is 27.7. The number of carbonyl (C=O) groups is 1. The van der Waals surface area contributed by atoms with Crippen LogP contribution in [0.15, 0.2) is 48.5 Å². The number of nitro groups is 1. The Hall–Kier alpha value is -2.48. The number of hydrazine groups is 1. The van der Waals surface area contributed by atoms with Crippen LogP contribution in [-0.4, -0.2) is 17.0 Å². The van der Waals surface area contributed by atoms with Gasteiger partial charge in [-0.25, -0.2) is 10.9 Å². The lowest BCUT2D eigenvalue weighted by atomic mass is 9.74. The molecular formula is C18H17ClN4O3. The number of fused-ring (bicyclic) bond motifs is 1. The molecule has 2 aromatic carbocycles. The maximum absolute atomic E-state index is 12.1. The van der Waals surface area contributed by atoms with E-state index in [0.29, 0.717) is 11.4 Å². The summed E-state index contributed by atoms with van der Waals surface area (Å²) in [6.45, 7) is 0. The molecule has 0 aliphatic carbocycles. The van der Waals surface area contributed by atoms with Crippen LogP contribution in [0.4, 0.5) is 5.69 Å². The summed E-state index contributed by atoms with van der Waals surface area (Å²) in [5.41, 5.74) is 8.46. The summed E-state index contributed by atoms with van der Waals surface area (Å²) in [6, 6.07) is 14.1. The van der Waals surface area contributed by atoms with E-state index in [1.165, 1.54) is 12.1 Å². The first-order valence-electron chi connectivity index (χ1n) is 8.33. The van der Waals surface area contributed by atoms with Crippen molar-refractivity contribution in [2.45, 2.75) is 24.5 Å². The number of rotatable bonds is 3. The summed E-state index contributed by atoms with van der Waals surface area (Å²) in [7, 11) is 0. The molecule has 4 rings (SSSR count). The molecule has 2 heterocycles. The third-order valence-electron chi connectivity index (χ3n) is 5.11. The van der Waals surface area contributed by atoms with Gasteiger partial charge in [-0.15, -0.1) is 0 Å². The Labute approximate surface area is 154 Å². The van der Waals surface area contributed by atoms with Gasteiger partial charge in [-0.05, 0) is 23.3 Å². The Morgan fingerprint density at radius 2 is 1.65 bits per heavy atom. The van der Waals surface area contributed by atoms with E-state index < -0.39 is 4.92 Å². The van der Waals surface area contributed by atoms with E-state index in [4.69, 9.17) is 11.6 Å². The molecule has 2 aliphatic heterocycles. The minimum Gasteiger partial charge on any atom is -0.339 e. The Morgan fingerprint density at radius 1 is 1.00 bits per heavy atom. The first kappa shape index (κ1) is 17.0. The number of nitrogens with zero attached hydrogens (tertiary/aromatic N) is 1. The van der Waals surface area contributed by atoms with Crippen LogP contribution in [0.3, 0.4) is 0 Å². The third-order valence-corrected chi connectivity index (χ3v) is 5.36. The lowest BCUT2D eigenvalue weighted by Crippen LogP contribution is -2.52. The van der Waals surface area contributed by atoms with Crippen LogP contribution in [0.2, 0.25) is 5.02 Å². The summed E-state index contributed by atoms with van der Waals surface area (Å²) in [5, 5.41) is 14.5. The molecule has 2 saturated heterocycles. The van der Waals surface area contributed by atoms with E-state index in [9.17, 15) is 14.9 Å². The summed E-state index contributed by atoms with van der Waals surface area (Å²) < 4.78 is 0. The standard InChI is InChI=1S/C18H17ClN4O3/c19-12-5-1-11(2-6-12)17-16-14(9-15(24)20-18(16)22-21-17)10-3-7-13(8-4-10)23(25)26/h1-8,14,16-18,21-22H,9H2,(H,20,24). The molecule has 7 nitrogen and oxygen atoms in total. The van der Waals surface area contributed by atoms with Crippen molar-refractivity contribution in [1.82, 2.24) is 16.2 Å². The molecule has 0 saturated carbocycles. The van der Waals surface area contributed by atoms with Crippen LogP contribution in [0, 0.1) is 16.0 Å². The molecule has 2 aliphatic rings. The molecule has 134 valence electrons. The molecule has 26 heavy (non-hydrogen) atoms. The second-order valence-corrected chi connectivity index (χ2v) is 7.04. The van der Waals surface area contributed by atoms with Gasteiger partial charge in [0.1, 0.15) is 0 Å². The molecule has 0 radical (unpaired) electrons. The van der Waals surface area contributed by atoms with Crippen molar-refractivity contribution in [3.8, 4) is 0 Å². The smallest absolute Gasteiger partial charge is 0.269 e. The van der Waals surface area contributed by atoms with Gasteiger partial charge >= 0.3 is 0 Å². The van der Waals surface area contributed by atoms with E-state index in [-0.39, 0.29) is 35.6 Å². The van der Waals surface area contributed by atoms with Crippen molar-refractivity contribution in [2.24, 2.45) is 5.92 Å². The highest BCUT2D eigenvalue weighted by Crippen LogP contribution is 2.43. The number of hydrogen-bond donors (Lipinski definition) is 3. The number of halogens is 1. The number of nitro benzene ring substituents is 1. The van der Waals surface area contributed by atoms with E-state index in [1.54, 1.807) is 12.1 Å². The Bertz CT molecular complexity index is 841. The maximum atomic E-state index is 12.1. The van der Waals surface area contributed by atoms with E-state index in [0.717, 1.165) is 11.1 Å². The fourth-order valence-electron chi connectivity index (χ4n) is 3.89. The Kier molecular flexibility index (Phi) is 4.36. The van der Waals surface area contributed by atoms with Crippen LogP contribution >= 0.6 is 11.6 Å². The highest BCUT2D eigenvalue weighted by atomic mass is 35.5. The molecule has 0 bridgehead atoms. The number of hydrogen-bond acceptors (Lipinski definition) is 5. The second-order valence-electron chi connectivity index (χ2n) is 6.60. The summed E-state index contributed by atoms with van der Waals surface area (Å²) in [4.78, 5) is 22.6. The van der Waals surface area contributed by atoms with Gasteiger partial charge in [0.25, 0.3) is 5.69 Å². The summed E-state index contributed by atoms with van der Waals surface area (Å²) >= 11 is 5.99. The molecule has 4 atom stereocenters. The minimum atomic E-state index is -0.421. The molecule has 1 amide bonds. The zero-order valence-electron chi connectivity index (χ0n) is 13.7. The molecule has 0 aromatic heterocycles. The summed E-state index contributed by atoms with van der Waals surface area (Å²) in [6.07, 6.45) is 0.129. The van der Waals surface area contributed by atoms with Crippen molar-refractivity contribution in [3.63, 3.8) is 0 Å². The van der Waals surface area contributed by atoms with Crippen molar-refractivity contribution in [2.75, 3.05) is 0 Å². The lowest BCUT2D eigenvalue weighted by molar-refractivity contribution is -0.384. The first-order chi connectivity index (χ1) is 12.5. The average molecular weight is 373 g/mol. The van der Waals surface area contributed by atoms with Gasteiger partial charge in [0.05, 0.1) is 17.1 Å². The quantitative estimate of drug-likeness (QED) is 0.568. The molecule has 0 spiro atoms. The maximum Gasteiger partial charge on any atom is 0.269 e. The first-order valence-corrected chi connectivity index (χ1v) is 8.71. The van der Waals surface area contributed by atoms with Gasteiger partial charge in [-0.3, -0.25) is 14.9 Å². The number of amides is 1. The Balaban J connectivity index is 1.68. The number of benzene rings is 2. The fraction of sp³-hybridized carbons (Fsp3) is 0.278. The number of piperidine rings is 1. The number of carbonyl (C=O) groups excluding carboxylic acids is 1. The summed E-state index contributed by atoms with van der Waals surface area (Å²) in [5.74, 6) is -0.0336. The average Bonchev–Trinajstić information content (AvgIpc) is 3.05. The number of non-ortho nitro benzene ring substituents is 1. The minimum absolute atomic E-state index is 0.0157. The predicted octanol–water partition coefficient (Wildman–Crippen LogP) is 2.64. The molecule has 3 N–H and O–H groups in total. The number of nitrogens with one attached hydrogen (secondary N) is 3. The van der Waals surface area contributed by atoms with Gasteiger partial charge in [-0.1, -0.05) is 35.9 Å². The zero-order chi connectivity index (χ0) is 18.3. The Morgan fingerprint density at radius 3 is 2.31 bits per heavy atom. The van der Waals surface area contributed by atoms with Crippen molar-refractivity contribution < 1.29 is 9.72 Å². The van der Waals surface area contributed by atoms with Crippen molar-refractivity contribution >= 4 is 23.2 Å². The van der Waals surface area contributed by atoms with Gasteiger partial charge in [0.2, 0.25) is 5.91 Å². The fourth-order valence-corrected chi connectivity index (χ4v) is 4.01. The highest BCUT2D eigenvalue weighted by molar-refractivity contribution is 6.30. The molecular weight excluding hydrogens is 356 g/mol. The van der Waals surface area contributed by atoms with Crippen LogP contribution in [0.5, 0.6) is 0 Å². The highest BCUT2D eigenvalue weighted by Gasteiger charge is 2.46. The molecule has 2 fully saturated rings. The van der Waals surface area contributed by atoms with Crippen molar-refractivity contribution in [3.05, 3.63) is 74.8 Å². The largest absolute Gasteiger partial charge is 0.339 e. The van der Waals surface area contributed by atoms with E-state index in [1.807, 2.05) is 24.3 Å². The van der Waals surface area contributed by atoms with Crippen LogP contribution in [-0.2, 0) is 4.79 Å². The molecule has 4 unspecified atom stereocenters. The van der Waals surface area contributed by atoms with Crippen molar-refractivity contribution in [1.29, 1.82) is 0 Å². The molecule has 8 heteroatoms. The molecule has 2 aromatic rings. The van der Waals surface area contributed by atoms with E-state index in [2.05, 4.69) is 16.2 Å². The van der Waals surface area contributed by atoms with Gasteiger partial charge < -0.3 is 5.32 Å². The van der Waals surface area contributed by atoms with Crippen LogP contribution in [0.1, 0.15) is 29.5 Å². The third kappa shape index (κ3) is 3.05. The van der Waals surface area contributed by atoms with Gasteiger partial charge in [-0.2, -0.15) is 0 Å². The zero-order valence-corrected chi connectivity index (χ0v) is 14.4. The second kappa shape index (κ2) is 6.68. The van der Waals surface area contributed by atoms with E-state index >= 15 is 0 Å². The van der Waals surface area contributed by atoms with Gasteiger partial charge in [0.15, 0.2) is 0 Å². The predicted molar refractivity (Wildman–Crippen MR) is 96.3 cm³/mol.